The van der Waals surface area contributed by atoms with Crippen molar-refractivity contribution >= 4 is 17.2 Å². The van der Waals surface area contributed by atoms with Crippen LogP contribution in [0.4, 0.5) is 0 Å². The Bertz CT molecular complexity index is 638. The zero-order chi connectivity index (χ0) is 16.7. The van der Waals surface area contributed by atoms with Gasteiger partial charge in [0.15, 0.2) is 0 Å². The van der Waals surface area contributed by atoms with Crippen LogP contribution in [0.25, 0.3) is 10.6 Å². The maximum atomic E-state index is 12.2. The van der Waals surface area contributed by atoms with E-state index in [0.29, 0.717) is 24.6 Å². The highest BCUT2D eigenvalue weighted by Gasteiger charge is 2.15. The number of aryl methyl sites for hydroxylation is 1. The quantitative estimate of drug-likeness (QED) is 0.753. The topological polar surface area (TPSA) is 60.5 Å². The lowest BCUT2D eigenvalue weighted by Gasteiger charge is -2.04. The van der Waals surface area contributed by atoms with Crippen molar-refractivity contribution in [3.8, 4) is 16.3 Å². The third kappa shape index (κ3) is 4.77. The number of thiazole rings is 1. The number of benzene rings is 1. The van der Waals surface area contributed by atoms with Gasteiger partial charge in [0.2, 0.25) is 0 Å². The second-order valence-electron chi connectivity index (χ2n) is 4.97. The molecule has 0 fully saturated rings. The molecule has 124 valence electrons. The van der Waals surface area contributed by atoms with Gasteiger partial charge in [-0.05, 0) is 44.5 Å². The number of aromatic nitrogens is 1. The summed E-state index contributed by atoms with van der Waals surface area (Å²) in [4.78, 5) is 17.4. The first kappa shape index (κ1) is 17.4. The van der Waals surface area contributed by atoms with E-state index in [1.54, 1.807) is 7.11 Å². The van der Waals surface area contributed by atoms with Crippen LogP contribution >= 0.6 is 11.3 Å². The molecule has 5 nitrogen and oxygen atoms in total. The SMILES string of the molecule is CCOCCCNC(=O)c1sc(-c2ccc(OC)cc2)nc1C. The Morgan fingerprint density at radius 1 is 1.30 bits per heavy atom. The van der Waals surface area contributed by atoms with E-state index in [9.17, 15) is 4.79 Å². The average Bonchev–Trinajstić information content (AvgIpc) is 2.96. The minimum Gasteiger partial charge on any atom is -0.497 e. The molecular formula is C17H22N2O3S. The summed E-state index contributed by atoms with van der Waals surface area (Å²) in [5.74, 6) is 0.727. The van der Waals surface area contributed by atoms with Crippen molar-refractivity contribution in [3.63, 3.8) is 0 Å². The fraction of sp³-hybridized carbons (Fsp3) is 0.412. The van der Waals surface area contributed by atoms with E-state index in [-0.39, 0.29) is 5.91 Å². The Hall–Kier alpha value is -1.92. The number of nitrogens with zero attached hydrogens (tertiary/aromatic N) is 1. The van der Waals surface area contributed by atoms with Crippen molar-refractivity contribution in [1.29, 1.82) is 0 Å². The van der Waals surface area contributed by atoms with Crippen LogP contribution in [0.5, 0.6) is 5.75 Å². The molecule has 0 aliphatic rings. The summed E-state index contributed by atoms with van der Waals surface area (Å²) in [5, 5.41) is 3.75. The highest BCUT2D eigenvalue weighted by molar-refractivity contribution is 7.17. The zero-order valence-corrected chi connectivity index (χ0v) is 14.5. The van der Waals surface area contributed by atoms with Gasteiger partial charge in [-0.15, -0.1) is 11.3 Å². The maximum absolute atomic E-state index is 12.2. The predicted molar refractivity (Wildman–Crippen MR) is 92.3 cm³/mol. The van der Waals surface area contributed by atoms with E-state index in [4.69, 9.17) is 9.47 Å². The van der Waals surface area contributed by atoms with Crippen molar-refractivity contribution in [2.24, 2.45) is 0 Å². The number of carbonyl (C=O) groups is 1. The molecule has 0 saturated carbocycles. The summed E-state index contributed by atoms with van der Waals surface area (Å²) < 4.78 is 10.4. The molecule has 0 bridgehead atoms. The molecule has 23 heavy (non-hydrogen) atoms. The number of ether oxygens (including phenoxy) is 2. The van der Waals surface area contributed by atoms with Crippen molar-refractivity contribution in [1.82, 2.24) is 10.3 Å². The molecule has 0 unspecified atom stereocenters. The first-order valence-corrected chi connectivity index (χ1v) is 8.45. The van der Waals surface area contributed by atoms with Crippen LogP contribution in [-0.4, -0.2) is 37.8 Å². The molecule has 0 atom stereocenters. The molecule has 0 aliphatic carbocycles. The molecule has 1 amide bonds. The standard InChI is InChI=1S/C17H22N2O3S/c1-4-22-11-5-10-18-16(20)15-12(2)19-17(23-15)13-6-8-14(21-3)9-7-13/h6-9H,4-5,10-11H2,1-3H3,(H,18,20). The highest BCUT2D eigenvalue weighted by Crippen LogP contribution is 2.29. The predicted octanol–water partition coefficient (Wildman–Crippen LogP) is 3.28. The van der Waals surface area contributed by atoms with Crippen molar-refractivity contribution in [2.45, 2.75) is 20.3 Å². The summed E-state index contributed by atoms with van der Waals surface area (Å²) in [6, 6.07) is 7.67. The van der Waals surface area contributed by atoms with Gasteiger partial charge in [0.25, 0.3) is 5.91 Å². The molecule has 1 N–H and O–H groups in total. The summed E-state index contributed by atoms with van der Waals surface area (Å²) in [6.45, 7) is 5.79. The number of hydrogen-bond acceptors (Lipinski definition) is 5. The Kier molecular flexibility index (Phi) is 6.55. The lowest BCUT2D eigenvalue weighted by Crippen LogP contribution is -2.25. The molecule has 0 aliphatic heterocycles. The Balaban J connectivity index is 2.00. The molecule has 0 spiro atoms. The van der Waals surface area contributed by atoms with E-state index in [2.05, 4.69) is 10.3 Å². The third-order valence-electron chi connectivity index (χ3n) is 3.29. The van der Waals surface area contributed by atoms with E-state index < -0.39 is 0 Å². The van der Waals surface area contributed by atoms with Gasteiger partial charge in [-0.3, -0.25) is 4.79 Å². The van der Waals surface area contributed by atoms with Crippen LogP contribution in [0.2, 0.25) is 0 Å². The molecule has 0 saturated heterocycles. The summed E-state index contributed by atoms with van der Waals surface area (Å²) >= 11 is 1.41. The van der Waals surface area contributed by atoms with Gasteiger partial charge in [0.05, 0.1) is 12.8 Å². The molecular weight excluding hydrogens is 312 g/mol. The monoisotopic (exact) mass is 334 g/mol. The van der Waals surface area contributed by atoms with Gasteiger partial charge in [-0.1, -0.05) is 0 Å². The maximum Gasteiger partial charge on any atom is 0.263 e. The molecule has 1 aromatic carbocycles. The number of nitrogens with one attached hydrogen (secondary N) is 1. The molecule has 2 aromatic rings. The van der Waals surface area contributed by atoms with Crippen LogP contribution in [0.1, 0.15) is 28.7 Å². The third-order valence-corrected chi connectivity index (χ3v) is 4.50. The highest BCUT2D eigenvalue weighted by atomic mass is 32.1. The lowest BCUT2D eigenvalue weighted by molar-refractivity contribution is 0.0947. The number of hydrogen-bond donors (Lipinski definition) is 1. The zero-order valence-electron chi connectivity index (χ0n) is 13.7. The Morgan fingerprint density at radius 2 is 2.04 bits per heavy atom. The molecule has 1 aromatic heterocycles. The smallest absolute Gasteiger partial charge is 0.263 e. The van der Waals surface area contributed by atoms with Gasteiger partial charge in [0, 0.05) is 25.3 Å². The van der Waals surface area contributed by atoms with Gasteiger partial charge in [0.1, 0.15) is 15.6 Å². The van der Waals surface area contributed by atoms with E-state index in [1.165, 1.54) is 11.3 Å². The van der Waals surface area contributed by atoms with Gasteiger partial charge in [-0.2, -0.15) is 0 Å². The van der Waals surface area contributed by atoms with Gasteiger partial charge < -0.3 is 14.8 Å². The van der Waals surface area contributed by atoms with Crippen molar-refractivity contribution in [2.75, 3.05) is 26.9 Å². The van der Waals surface area contributed by atoms with Crippen LogP contribution in [-0.2, 0) is 4.74 Å². The van der Waals surface area contributed by atoms with Crippen LogP contribution in [0, 0.1) is 6.92 Å². The second kappa shape index (κ2) is 8.64. The lowest BCUT2D eigenvalue weighted by atomic mass is 10.2. The number of rotatable bonds is 8. The van der Waals surface area contributed by atoms with E-state index >= 15 is 0 Å². The van der Waals surface area contributed by atoms with E-state index in [0.717, 1.165) is 28.4 Å². The van der Waals surface area contributed by atoms with Crippen LogP contribution in [0.3, 0.4) is 0 Å². The van der Waals surface area contributed by atoms with Gasteiger partial charge in [-0.25, -0.2) is 4.98 Å². The summed E-state index contributed by atoms with van der Waals surface area (Å²) in [6.07, 6.45) is 0.808. The molecule has 1 heterocycles. The second-order valence-corrected chi connectivity index (χ2v) is 5.97. The number of amides is 1. The first-order valence-electron chi connectivity index (χ1n) is 7.63. The Labute approximate surface area is 140 Å². The molecule has 0 radical (unpaired) electrons. The molecule has 6 heteroatoms. The first-order chi connectivity index (χ1) is 11.2. The normalized spacial score (nSPS) is 10.6. The van der Waals surface area contributed by atoms with Gasteiger partial charge >= 0.3 is 0 Å². The van der Waals surface area contributed by atoms with Crippen molar-refractivity contribution < 1.29 is 14.3 Å². The average molecular weight is 334 g/mol. The largest absolute Gasteiger partial charge is 0.497 e. The summed E-state index contributed by atoms with van der Waals surface area (Å²) in [5.41, 5.74) is 1.73. The minimum atomic E-state index is -0.0729. The van der Waals surface area contributed by atoms with E-state index in [1.807, 2.05) is 38.1 Å². The minimum absolute atomic E-state index is 0.0729. The number of carbonyl (C=O) groups excluding carboxylic acids is 1. The number of methoxy groups -OCH3 is 1. The Morgan fingerprint density at radius 3 is 2.70 bits per heavy atom. The molecule has 2 rings (SSSR count). The summed E-state index contributed by atoms with van der Waals surface area (Å²) in [7, 11) is 1.64. The fourth-order valence-electron chi connectivity index (χ4n) is 2.06. The fourth-order valence-corrected chi connectivity index (χ4v) is 3.05. The van der Waals surface area contributed by atoms with Crippen LogP contribution < -0.4 is 10.1 Å². The van der Waals surface area contributed by atoms with Crippen molar-refractivity contribution in [3.05, 3.63) is 34.8 Å². The van der Waals surface area contributed by atoms with Crippen LogP contribution in [0.15, 0.2) is 24.3 Å².